The van der Waals surface area contributed by atoms with E-state index in [1.807, 2.05) is 18.7 Å². The Morgan fingerprint density at radius 3 is 2.72 bits per heavy atom. The fraction of sp³-hybridized carbons (Fsp3) is 0.300. The average Bonchev–Trinajstić information content (AvgIpc) is 3.10. The third-order valence-corrected chi connectivity index (χ3v) is 4.62. The van der Waals surface area contributed by atoms with E-state index in [-0.39, 0.29) is 24.9 Å². The second-order valence-corrected chi connectivity index (χ2v) is 6.65. The third-order valence-electron chi connectivity index (χ3n) is 4.39. The van der Waals surface area contributed by atoms with Crippen molar-refractivity contribution in [3.05, 3.63) is 58.4 Å². The van der Waals surface area contributed by atoms with Gasteiger partial charge in [0.25, 0.3) is 5.91 Å². The molecule has 1 amide bonds. The van der Waals surface area contributed by atoms with E-state index in [9.17, 15) is 13.6 Å². The van der Waals surface area contributed by atoms with Crippen LogP contribution in [0.1, 0.15) is 30.1 Å². The van der Waals surface area contributed by atoms with Crippen LogP contribution in [0.4, 0.5) is 8.78 Å². The Kier molecular flexibility index (Phi) is 6.66. The number of benzene rings is 2. The molecule has 0 spiro atoms. The SMILES string of the molecule is CCN(CC)CNC(=O)c1c(F)ccc(OCc2nc3cc(Cl)ccc3o2)c1F. The van der Waals surface area contributed by atoms with Gasteiger partial charge in [-0.05, 0) is 43.4 Å². The molecule has 3 aromatic rings. The summed E-state index contributed by atoms with van der Waals surface area (Å²) in [5, 5.41) is 3.02. The number of hydrogen-bond acceptors (Lipinski definition) is 5. The van der Waals surface area contributed by atoms with Gasteiger partial charge in [-0.3, -0.25) is 9.69 Å². The second-order valence-electron chi connectivity index (χ2n) is 6.21. The molecule has 1 N–H and O–H groups in total. The summed E-state index contributed by atoms with van der Waals surface area (Å²) in [7, 11) is 0. The van der Waals surface area contributed by atoms with Gasteiger partial charge >= 0.3 is 0 Å². The Morgan fingerprint density at radius 2 is 2.00 bits per heavy atom. The molecule has 0 aliphatic carbocycles. The molecule has 154 valence electrons. The smallest absolute Gasteiger partial charge is 0.258 e. The van der Waals surface area contributed by atoms with Gasteiger partial charge in [-0.15, -0.1) is 0 Å². The molecule has 1 aromatic heterocycles. The lowest BCUT2D eigenvalue weighted by Crippen LogP contribution is -2.38. The molecular weight excluding hydrogens is 404 g/mol. The first-order valence-corrected chi connectivity index (χ1v) is 9.47. The lowest BCUT2D eigenvalue weighted by atomic mass is 10.1. The van der Waals surface area contributed by atoms with E-state index in [0.717, 1.165) is 12.1 Å². The summed E-state index contributed by atoms with van der Waals surface area (Å²) in [5.74, 6) is -2.99. The van der Waals surface area contributed by atoms with Crippen LogP contribution < -0.4 is 10.1 Å². The largest absolute Gasteiger partial charge is 0.481 e. The Hall–Kier alpha value is -2.71. The van der Waals surface area contributed by atoms with E-state index >= 15 is 0 Å². The zero-order valence-corrected chi connectivity index (χ0v) is 16.7. The molecule has 0 unspecified atom stereocenters. The average molecular weight is 424 g/mol. The number of amides is 1. The summed E-state index contributed by atoms with van der Waals surface area (Å²) < 4.78 is 39.7. The minimum absolute atomic E-state index is 0.182. The van der Waals surface area contributed by atoms with Gasteiger partial charge in [0.2, 0.25) is 5.89 Å². The second kappa shape index (κ2) is 9.19. The van der Waals surface area contributed by atoms with Crippen LogP contribution in [0.15, 0.2) is 34.7 Å². The van der Waals surface area contributed by atoms with Gasteiger partial charge in [0.05, 0.1) is 6.67 Å². The van der Waals surface area contributed by atoms with E-state index in [0.29, 0.717) is 29.2 Å². The van der Waals surface area contributed by atoms with Crippen molar-refractivity contribution >= 4 is 28.6 Å². The van der Waals surface area contributed by atoms with Gasteiger partial charge in [0, 0.05) is 5.02 Å². The molecule has 1 heterocycles. The van der Waals surface area contributed by atoms with Gasteiger partial charge < -0.3 is 14.5 Å². The molecule has 0 saturated heterocycles. The number of nitrogens with zero attached hydrogens (tertiary/aromatic N) is 2. The number of nitrogens with one attached hydrogen (secondary N) is 1. The Labute approximate surface area is 171 Å². The summed E-state index contributed by atoms with van der Waals surface area (Å²) in [4.78, 5) is 18.4. The predicted molar refractivity (Wildman–Crippen MR) is 105 cm³/mol. The van der Waals surface area contributed by atoms with E-state index < -0.39 is 23.1 Å². The third kappa shape index (κ3) is 4.83. The predicted octanol–water partition coefficient (Wildman–Crippen LogP) is 4.37. The molecular formula is C20H20ClF2N3O3. The zero-order chi connectivity index (χ0) is 21.0. The number of carbonyl (C=O) groups excluding carboxylic acids is 1. The minimum atomic E-state index is -1.08. The van der Waals surface area contributed by atoms with Gasteiger partial charge in [-0.2, -0.15) is 0 Å². The lowest BCUT2D eigenvalue weighted by Gasteiger charge is -2.19. The normalized spacial score (nSPS) is 11.2. The molecule has 0 atom stereocenters. The van der Waals surface area contributed by atoms with Crippen molar-refractivity contribution in [2.24, 2.45) is 0 Å². The highest BCUT2D eigenvalue weighted by Gasteiger charge is 2.22. The maximum absolute atomic E-state index is 14.7. The molecule has 29 heavy (non-hydrogen) atoms. The number of halogens is 3. The highest BCUT2D eigenvalue weighted by Crippen LogP contribution is 2.25. The van der Waals surface area contributed by atoms with Gasteiger partial charge in [-0.25, -0.2) is 13.8 Å². The van der Waals surface area contributed by atoms with Crippen LogP contribution >= 0.6 is 11.6 Å². The van der Waals surface area contributed by atoms with Crippen LogP contribution in [0, 0.1) is 11.6 Å². The monoisotopic (exact) mass is 423 g/mol. The molecule has 6 nitrogen and oxygen atoms in total. The van der Waals surface area contributed by atoms with Crippen LogP contribution in [-0.2, 0) is 6.61 Å². The molecule has 0 aliphatic heterocycles. The summed E-state index contributed by atoms with van der Waals surface area (Å²) in [5.41, 5.74) is 0.343. The standard InChI is InChI=1S/C20H20ClF2N3O3/c1-3-26(4-2)11-24-20(27)18-13(22)6-8-16(19(18)23)28-10-17-25-14-9-12(21)5-7-15(14)29-17/h5-9H,3-4,10-11H2,1-2H3,(H,24,27). The fourth-order valence-electron chi connectivity index (χ4n) is 2.72. The molecule has 9 heteroatoms. The van der Waals surface area contributed by atoms with Crippen molar-refractivity contribution in [2.75, 3.05) is 19.8 Å². The van der Waals surface area contributed by atoms with Crippen molar-refractivity contribution < 1.29 is 22.7 Å². The van der Waals surface area contributed by atoms with E-state index in [4.69, 9.17) is 20.8 Å². The Morgan fingerprint density at radius 1 is 1.24 bits per heavy atom. The molecule has 0 saturated carbocycles. The highest BCUT2D eigenvalue weighted by molar-refractivity contribution is 6.31. The summed E-state index contributed by atoms with van der Waals surface area (Å²) in [6, 6.07) is 7.04. The molecule has 3 rings (SSSR count). The van der Waals surface area contributed by atoms with Gasteiger partial charge in [0.15, 0.2) is 23.8 Å². The molecule has 0 radical (unpaired) electrons. The molecule has 2 aromatic carbocycles. The van der Waals surface area contributed by atoms with Crippen LogP contribution in [0.3, 0.4) is 0 Å². The number of aromatic nitrogens is 1. The number of rotatable bonds is 8. The quantitative estimate of drug-likeness (QED) is 0.545. The van der Waals surface area contributed by atoms with Gasteiger partial charge in [0.1, 0.15) is 16.9 Å². The Balaban J connectivity index is 1.74. The fourth-order valence-corrected chi connectivity index (χ4v) is 2.89. The molecule has 0 fully saturated rings. The minimum Gasteiger partial charge on any atom is -0.481 e. The van der Waals surface area contributed by atoms with Crippen molar-refractivity contribution in [1.29, 1.82) is 0 Å². The van der Waals surface area contributed by atoms with Crippen molar-refractivity contribution in [1.82, 2.24) is 15.2 Å². The number of ether oxygens (including phenoxy) is 1. The Bertz CT molecular complexity index is 1020. The van der Waals surface area contributed by atoms with Crippen LogP contribution in [0.5, 0.6) is 5.75 Å². The molecule has 0 aliphatic rings. The van der Waals surface area contributed by atoms with Crippen molar-refractivity contribution in [2.45, 2.75) is 20.5 Å². The van der Waals surface area contributed by atoms with Crippen molar-refractivity contribution in [3.8, 4) is 5.75 Å². The highest BCUT2D eigenvalue weighted by atomic mass is 35.5. The first-order chi connectivity index (χ1) is 13.9. The van der Waals surface area contributed by atoms with Crippen LogP contribution in [0.25, 0.3) is 11.1 Å². The van der Waals surface area contributed by atoms with E-state index in [1.165, 1.54) is 0 Å². The van der Waals surface area contributed by atoms with Crippen LogP contribution in [-0.4, -0.2) is 35.5 Å². The summed E-state index contributed by atoms with van der Waals surface area (Å²) in [6.45, 7) is 5.22. The lowest BCUT2D eigenvalue weighted by molar-refractivity contribution is 0.0916. The van der Waals surface area contributed by atoms with Gasteiger partial charge in [-0.1, -0.05) is 25.4 Å². The number of fused-ring (bicyclic) bond motifs is 1. The first-order valence-electron chi connectivity index (χ1n) is 9.09. The summed E-state index contributed by atoms with van der Waals surface area (Å²) in [6.07, 6.45) is 0. The molecule has 0 bridgehead atoms. The number of hydrogen-bond donors (Lipinski definition) is 1. The summed E-state index contributed by atoms with van der Waals surface area (Å²) >= 11 is 5.91. The van der Waals surface area contributed by atoms with Crippen molar-refractivity contribution in [3.63, 3.8) is 0 Å². The number of carbonyl (C=O) groups is 1. The van der Waals surface area contributed by atoms with E-state index in [2.05, 4.69) is 10.3 Å². The van der Waals surface area contributed by atoms with E-state index in [1.54, 1.807) is 18.2 Å². The maximum Gasteiger partial charge on any atom is 0.258 e. The zero-order valence-electron chi connectivity index (χ0n) is 16.0. The first kappa shape index (κ1) is 21.0. The maximum atomic E-state index is 14.7. The number of oxazole rings is 1. The van der Waals surface area contributed by atoms with Crippen LogP contribution in [0.2, 0.25) is 5.02 Å². The topological polar surface area (TPSA) is 67.6 Å².